The Morgan fingerprint density at radius 3 is 2.71 bits per heavy atom. The molecule has 0 aliphatic rings. The zero-order valence-corrected chi connectivity index (χ0v) is 9.53. The molecule has 0 saturated carbocycles. The van der Waals surface area contributed by atoms with Crippen LogP contribution in [0.2, 0.25) is 0 Å². The number of rotatable bonds is 3. The number of hydrogen-bond donors (Lipinski definition) is 1. The van der Waals surface area contributed by atoms with Crippen molar-refractivity contribution in [2.75, 3.05) is 0 Å². The summed E-state index contributed by atoms with van der Waals surface area (Å²) in [6, 6.07) is 3.33. The molecule has 0 radical (unpaired) electrons. The molecule has 2 rings (SSSR count). The van der Waals surface area contributed by atoms with Crippen molar-refractivity contribution in [3.8, 4) is 5.82 Å². The van der Waals surface area contributed by atoms with E-state index in [1.54, 1.807) is 12.1 Å². The van der Waals surface area contributed by atoms with E-state index in [0.717, 1.165) is 0 Å². The van der Waals surface area contributed by atoms with Gasteiger partial charge in [-0.3, -0.25) is 4.79 Å². The molecule has 0 fully saturated rings. The predicted octanol–water partition coefficient (Wildman–Crippen LogP) is 0.195. The predicted molar refractivity (Wildman–Crippen MR) is 59.6 cm³/mol. The van der Waals surface area contributed by atoms with Crippen molar-refractivity contribution in [3.63, 3.8) is 0 Å². The highest BCUT2D eigenvalue weighted by Gasteiger charge is 2.09. The lowest BCUT2D eigenvalue weighted by Gasteiger charge is -2.07. The average Bonchev–Trinajstić information content (AvgIpc) is 2.82. The Bertz CT molecular complexity index is 490. The summed E-state index contributed by atoms with van der Waals surface area (Å²) < 4.78 is 1.47. The second kappa shape index (κ2) is 4.69. The number of nitrogens with zero attached hydrogens (tertiary/aromatic N) is 5. The van der Waals surface area contributed by atoms with E-state index >= 15 is 0 Å². The summed E-state index contributed by atoms with van der Waals surface area (Å²) in [6.45, 7) is 3.77. The number of carbonyl (C=O) groups is 1. The summed E-state index contributed by atoms with van der Waals surface area (Å²) in [5, 5.41) is 14.4. The van der Waals surface area contributed by atoms with Gasteiger partial charge in [0.2, 0.25) is 0 Å². The number of amides is 1. The minimum absolute atomic E-state index is 0.0688. The first-order chi connectivity index (χ1) is 8.16. The van der Waals surface area contributed by atoms with Crippen molar-refractivity contribution in [2.45, 2.75) is 19.9 Å². The third-order valence-corrected chi connectivity index (χ3v) is 1.96. The van der Waals surface area contributed by atoms with Crippen LogP contribution in [0.1, 0.15) is 24.3 Å². The molecule has 2 aromatic heterocycles. The Kier molecular flexibility index (Phi) is 3.08. The molecule has 0 aliphatic heterocycles. The highest BCUT2D eigenvalue weighted by molar-refractivity contribution is 5.92. The van der Waals surface area contributed by atoms with E-state index in [4.69, 9.17) is 0 Å². The fraction of sp³-hybridized carbons (Fsp3) is 0.300. The summed E-state index contributed by atoms with van der Waals surface area (Å²) in [5.74, 6) is 0.279. The molecule has 0 spiro atoms. The van der Waals surface area contributed by atoms with Crippen LogP contribution < -0.4 is 5.32 Å². The van der Waals surface area contributed by atoms with Gasteiger partial charge < -0.3 is 5.32 Å². The zero-order chi connectivity index (χ0) is 12.3. The summed E-state index contributed by atoms with van der Waals surface area (Å²) in [5.41, 5.74) is 0.280. The molecule has 2 aromatic rings. The third kappa shape index (κ3) is 2.63. The molecule has 1 N–H and O–H groups in total. The minimum atomic E-state index is -0.238. The van der Waals surface area contributed by atoms with Crippen molar-refractivity contribution in [1.29, 1.82) is 0 Å². The Labute approximate surface area is 97.9 Å². The number of carbonyl (C=O) groups excluding carboxylic acids is 1. The molecule has 0 unspecified atom stereocenters. The fourth-order valence-electron chi connectivity index (χ4n) is 1.23. The van der Waals surface area contributed by atoms with E-state index in [-0.39, 0.29) is 17.6 Å². The molecule has 0 bridgehead atoms. The highest BCUT2D eigenvalue weighted by atomic mass is 16.2. The summed E-state index contributed by atoms with van der Waals surface area (Å²) in [6.07, 6.45) is 2.92. The Morgan fingerprint density at radius 2 is 2.18 bits per heavy atom. The fourth-order valence-corrected chi connectivity index (χ4v) is 1.23. The van der Waals surface area contributed by atoms with Gasteiger partial charge in [0.1, 0.15) is 12.7 Å². The van der Waals surface area contributed by atoms with Crippen LogP contribution in [0.4, 0.5) is 0 Å². The van der Waals surface area contributed by atoms with E-state index in [1.807, 2.05) is 13.8 Å². The first-order valence-electron chi connectivity index (χ1n) is 5.16. The number of aromatic nitrogens is 5. The van der Waals surface area contributed by atoms with Gasteiger partial charge in [0.15, 0.2) is 11.5 Å². The van der Waals surface area contributed by atoms with Crippen molar-refractivity contribution in [3.05, 3.63) is 30.5 Å². The van der Waals surface area contributed by atoms with Crippen LogP contribution in [0.3, 0.4) is 0 Å². The van der Waals surface area contributed by atoms with E-state index in [9.17, 15) is 4.79 Å². The normalized spacial score (nSPS) is 10.5. The monoisotopic (exact) mass is 232 g/mol. The Hall–Kier alpha value is -2.31. The smallest absolute Gasteiger partial charge is 0.271 e. The maximum absolute atomic E-state index is 11.6. The molecular formula is C10H12N6O. The summed E-state index contributed by atoms with van der Waals surface area (Å²) >= 11 is 0. The second-order valence-electron chi connectivity index (χ2n) is 3.74. The van der Waals surface area contributed by atoms with Gasteiger partial charge in [-0.25, -0.2) is 9.67 Å². The molecule has 88 valence electrons. The molecule has 0 aliphatic carbocycles. The molecule has 7 heteroatoms. The lowest BCUT2D eigenvalue weighted by Crippen LogP contribution is -2.31. The first-order valence-corrected chi connectivity index (χ1v) is 5.16. The largest absolute Gasteiger partial charge is 0.348 e. The van der Waals surface area contributed by atoms with Crippen LogP contribution in [-0.4, -0.2) is 36.9 Å². The average molecular weight is 232 g/mol. The van der Waals surface area contributed by atoms with E-state index < -0.39 is 0 Å². The van der Waals surface area contributed by atoms with Gasteiger partial charge in [-0.1, -0.05) is 0 Å². The first kappa shape index (κ1) is 11.2. The zero-order valence-electron chi connectivity index (χ0n) is 9.53. The number of nitrogens with one attached hydrogen (secondary N) is 1. The Balaban J connectivity index is 2.16. The van der Waals surface area contributed by atoms with Gasteiger partial charge in [-0.2, -0.15) is 5.10 Å². The van der Waals surface area contributed by atoms with Crippen LogP contribution in [0.25, 0.3) is 5.82 Å². The quantitative estimate of drug-likeness (QED) is 0.816. The van der Waals surface area contributed by atoms with Gasteiger partial charge in [0.05, 0.1) is 0 Å². The van der Waals surface area contributed by atoms with Gasteiger partial charge in [-0.15, -0.1) is 10.2 Å². The summed E-state index contributed by atoms with van der Waals surface area (Å²) in [7, 11) is 0. The van der Waals surface area contributed by atoms with Crippen molar-refractivity contribution < 1.29 is 4.79 Å². The lowest BCUT2D eigenvalue weighted by atomic mass is 10.3. The molecule has 7 nitrogen and oxygen atoms in total. The molecule has 1 amide bonds. The second-order valence-corrected chi connectivity index (χ2v) is 3.74. The van der Waals surface area contributed by atoms with Gasteiger partial charge in [-0.05, 0) is 26.0 Å². The maximum atomic E-state index is 11.6. The Morgan fingerprint density at radius 1 is 1.35 bits per heavy atom. The van der Waals surface area contributed by atoms with Crippen molar-refractivity contribution >= 4 is 5.91 Å². The van der Waals surface area contributed by atoms with Crippen LogP contribution in [0.5, 0.6) is 0 Å². The molecule has 17 heavy (non-hydrogen) atoms. The van der Waals surface area contributed by atoms with Crippen LogP contribution in [-0.2, 0) is 0 Å². The van der Waals surface area contributed by atoms with Crippen LogP contribution in [0, 0.1) is 0 Å². The topological polar surface area (TPSA) is 85.6 Å². The third-order valence-electron chi connectivity index (χ3n) is 1.96. The van der Waals surface area contributed by atoms with Gasteiger partial charge >= 0.3 is 0 Å². The number of hydrogen-bond acceptors (Lipinski definition) is 5. The van der Waals surface area contributed by atoms with E-state index in [2.05, 4.69) is 25.6 Å². The van der Waals surface area contributed by atoms with E-state index in [1.165, 1.54) is 17.3 Å². The SMILES string of the molecule is CC(C)NC(=O)c1ccc(-n2cncn2)nn1. The van der Waals surface area contributed by atoms with Gasteiger partial charge in [0, 0.05) is 6.04 Å². The molecule has 0 aromatic carbocycles. The van der Waals surface area contributed by atoms with Gasteiger partial charge in [0.25, 0.3) is 5.91 Å². The maximum Gasteiger partial charge on any atom is 0.271 e. The highest BCUT2D eigenvalue weighted by Crippen LogP contribution is 2.01. The molecule has 0 saturated heterocycles. The van der Waals surface area contributed by atoms with Crippen molar-refractivity contribution in [2.24, 2.45) is 0 Å². The molecule has 2 heterocycles. The minimum Gasteiger partial charge on any atom is -0.348 e. The van der Waals surface area contributed by atoms with Crippen LogP contribution in [0.15, 0.2) is 24.8 Å². The van der Waals surface area contributed by atoms with E-state index in [0.29, 0.717) is 5.82 Å². The summed E-state index contributed by atoms with van der Waals surface area (Å²) in [4.78, 5) is 15.4. The molecular weight excluding hydrogens is 220 g/mol. The lowest BCUT2D eigenvalue weighted by molar-refractivity contribution is 0.0937. The molecule has 0 atom stereocenters. The van der Waals surface area contributed by atoms with Crippen LogP contribution >= 0.6 is 0 Å². The van der Waals surface area contributed by atoms with Crippen molar-refractivity contribution in [1.82, 2.24) is 30.3 Å². The standard InChI is InChI=1S/C10H12N6O/c1-7(2)13-10(17)8-3-4-9(15-14-8)16-6-11-5-12-16/h3-7H,1-2H3,(H,13,17).